The second kappa shape index (κ2) is 3.66. The SMILES string of the molecule is CC(C)N(C)CC1(CC(=O)O)CC1. The first kappa shape index (κ1) is 10.5. The van der Waals surface area contributed by atoms with Crippen molar-refractivity contribution < 1.29 is 9.90 Å². The maximum atomic E-state index is 10.6. The minimum absolute atomic E-state index is 0.102. The summed E-state index contributed by atoms with van der Waals surface area (Å²) in [7, 11) is 2.06. The summed E-state index contributed by atoms with van der Waals surface area (Å²) in [5.74, 6) is -0.658. The number of aliphatic carboxylic acids is 1. The van der Waals surface area contributed by atoms with E-state index in [2.05, 4.69) is 25.8 Å². The first-order chi connectivity index (χ1) is 5.95. The number of hydrogen-bond donors (Lipinski definition) is 1. The molecule has 1 fully saturated rings. The van der Waals surface area contributed by atoms with Crippen molar-refractivity contribution in [2.45, 2.75) is 39.2 Å². The third kappa shape index (κ3) is 2.99. The molecule has 0 heterocycles. The lowest BCUT2D eigenvalue weighted by atomic mass is 10.0. The van der Waals surface area contributed by atoms with Gasteiger partial charge in [0.2, 0.25) is 0 Å². The van der Waals surface area contributed by atoms with Gasteiger partial charge in [-0.3, -0.25) is 4.79 Å². The maximum absolute atomic E-state index is 10.6. The zero-order valence-electron chi connectivity index (χ0n) is 8.71. The van der Waals surface area contributed by atoms with E-state index in [1.165, 1.54) is 0 Å². The molecule has 0 aromatic heterocycles. The van der Waals surface area contributed by atoms with Crippen LogP contribution < -0.4 is 0 Å². The molecule has 13 heavy (non-hydrogen) atoms. The summed E-state index contributed by atoms with van der Waals surface area (Å²) in [5, 5.41) is 8.72. The molecule has 1 aliphatic carbocycles. The lowest BCUT2D eigenvalue weighted by Gasteiger charge is -2.25. The number of carboxylic acid groups (broad SMARTS) is 1. The van der Waals surface area contributed by atoms with Crippen LogP contribution in [0.2, 0.25) is 0 Å². The van der Waals surface area contributed by atoms with Crippen LogP contribution >= 0.6 is 0 Å². The predicted octanol–water partition coefficient (Wildman–Crippen LogP) is 1.58. The van der Waals surface area contributed by atoms with Gasteiger partial charge in [0, 0.05) is 12.6 Å². The molecule has 1 saturated carbocycles. The zero-order chi connectivity index (χ0) is 10.1. The number of carboxylic acids is 1. The molecule has 0 amide bonds. The summed E-state index contributed by atoms with van der Waals surface area (Å²) in [5.41, 5.74) is 0.102. The van der Waals surface area contributed by atoms with E-state index < -0.39 is 5.97 Å². The molecule has 1 rings (SSSR count). The lowest BCUT2D eigenvalue weighted by molar-refractivity contribution is -0.138. The number of rotatable bonds is 5. The molecule has 76 valence electrons. The van der Waals surface area contributed by atoms with Gasteiger partial charge in [-0.05, 0) is 39.2 Å². The van der Waals surface area contributed by atoms with Gasteiger partial charge < -0.3 is 10.0 Å². The standard InChI is InChI=1S/C10H19NO2/c1-8(2)11(3)7-10(4-5-10)6-9(12)13/h8H,4-7H2,1-3H3,(H,12,13). The van der Waals surface area contributed by atoms with Crippen molar-refractivity contribution in [3.05, 3.63) is 0 Å². The van der Waals surface area contributed by atoms with Gasteiger partial charge in [0.1, 0.15) is 0 Å². The highest BCUT2D eigenvalue weighted by Crippen LogP contribution is 2.49. The van der Waals surface area contributed by atoms with E-state index >= 15 is 0 Å². The highest BCUT2D eigenvalue weighted by Gasteiger charge is 2.45. The van der Waals surface area contributed by atoms with E-state index in [4.69, 9.17) is 5.11 Å². The molecular formula is C10H19NO2. The van der Waals surface area contributed by atoms with Gasteiger partial charge in [-0.1, -0.05) is 0 Å². The molecule has 1 N–H and O–H groups in total. The zero-order valence-corrected chi connectivity index (χ0v) is 8.71. The van der Waals surface area contributed by atoms with Crippen LogP contribution in [0.25, 0.3) is 0 Å². The second-order valence-electron chi connectivity index (χ2n) is 4.58. The molecule has 0 spiro atoms. The topological polar surface area (TPSA) is 40.5 Å². The molecule has 1 aliphatic rings. The minimum atomic E-state index is -0.658. The van der Waals surface area contributed by atoms with Gasteiger partial charge in [0.15, 0.2) is 0 Å². The molecule has 0 aromatic rings. The van der Waals surface area contributed by atoms with E-state index in [9.17, 15) is 4.79 Å². The Hall–Kier alpha value is -0.570. The van der Waals surface area contributed by atoms with Crippen LogP contribution in [-0.2, 0) is 4.79 Å². The first-order valence-corrected chi connectivity index (χ1v) is 4.87. The summed E-state index contributed by atoms with van der Waals surface area (Å²) in [6.45, 7) is 5.20. The molecule has 0 aromatic carbocycles. The Labute approximate surface area is 79.7 Å². The number of nitrogens with zero attached hydrogens (tertiary/aromatic N) is 1. The molecule has 0 atom stereocenters. The van der Waals surface area contributed by atoms with Crippen LogP contribution in [0.1, 0.15) is 33.1 Å². The Morgan fingerprint density at radius 2 is 2.08 bits per heavy atom. The largest absolute Gasteiger partial charge is 0.481 e. The number of hydrogen-bond acceptors (Lipinski definition) is 2. The Kier molecular flexibility index (Phi) is 2.96. The molecule has 0 bridgehead atoms. The van der Waals surface area contributed by atoms with E-state index in [0.29, 0.717) is 12.5 Å². The van der Waals surface area contributed by atoms with Gasteiger partial charge in [0.05, 0.1) is 6.42 Å². The van der Waals surface area contributed by atoms with Gasteiger partial charge in [-0.15, -0.1) is 0 Å². The van der Waals surface area contributed by atoms with Gasteiger partial charge >= 0.3 is 5.97 Å². The third-order valence-electron chi connectivity index (χ3n) is 2.95. The Morgan fingerprint density at radius 1 is 1.54 bits per heavy atom. The molecule has 0 unspecified atom stereocenters. The molecule has 0 saturated heterocycles. The van der Waals surface area contributed by atoms with Crippen molar-refractivity contribution in [3.8, 4) is 0 Å². The average Bonchev–Trinajstić information content (AvgIpc) is 2.67. The van der Waals surface area contributed by atoms with E-state index in [-0.39, 0.29) is 5.41 Å². The van der Waals surface area contributed by atoms with Crippen molar-refractivity contribution in [2.75, 3.05) is 13.6 Å². The van der Waals surface area contributed by atoms with Crippen LogP contribution in [0, 0.1) is 5.41 Å². The minimum Gasteiger partial charge on any atom is -0.481 e. The van der Waals surface area contributed by atoms with Crippen molar-refractivity contribution >= 4 is 5.97 Å². The predicted molar refractivity (Wildman–Crippen MR) is 51.7 cm³/mol. The van der Waals surface area contributed by atoms with Crippen molar-refractivity contribution in [1.82, 2.24) is 4.90 Å². The Bertz CT molecular complexity index is 197. The molecule has 3 heteroatoms. The molecular weight excluding hydrogens is 166 g/mol. The molecule has 3 nitrogen and oxygen atoms in total. The van der Waals surface area contributed by atoms with Crippen molar-refractivity contribution in [1.29, 1.82) is 0 Å². The molecule has 0 aliphatic heterocycles. The van der Waals surface area contributed by atoms with Crippen LogP contribution in [0.15, 0.2) is 0 Å². The monoisotopic (exact) mass is 185 g/mol. The van der Waals surface area contributed by atoms with E-state index in [1.54, 1.807) is 0 Å². The van der Waals surface area contributed by atoms with Crippen LogP contribution in [-0.4, -0.2) is 35.6 Å². The summed E-state index contributed by atoms with van der Waals surface area (Å²) < 4.78 is 0. The van der Waals surface area contributed by atoms with Gasteiger partial charge in [0.25, 0.3) is 0 Å². The Morgan fingerprint density at radius 3 is 2.38 bits per heavy atom. The highest BCUT2D eigenvalue weighted by molar-refractivity contribution is 5.68. The van der Waals surface area contributed by atoms with Crippen molar-refractivity contribution in [3.63, 3.8) is 0 Å². The fourth-order valence-corrected chi connectivity index (χ4v) is 1.60. The van der Waals surface area contributed by atoms with Gasteiger partial charge in [-0.2, -0.15) is 0 Å². The smallest absolute Gasteiger partial charge is 0.303 e. The summed E-state index contributed by atoms with van der Waals surface area (Å²) in [6.07, 6.45) is 2.50. The van der Waals surface area contributed by atoms with Crippen molar-refractivity contribution in [2.24, 2.45) is 5.41 Å². The van der Waals surface area contributed by atoms with E-state index in [0.717, 1.165) is 19.4 Å². The van der Waals surface area contributed by atoms with Crippen LogP contribution in [0.3, 0.4) is 0 Å². The third-order valence-corrected chi connectivity index (χ3v) is 2.95. The van der Waals surface area contributed by atoms with Crippen LogP contribution in [0.4, 0.5) is 0 Å². The summed E-state index contributed by atoms with van der Waals surface area (Å²) in [6, 6.07) is 0.506. The number of carbonyl (C=O) groups is 1. The fraction of sp³-hybridized carbons (Fsp3) is 0.900. The summed E-state index contributed by atoms with van der Waals surface area (Å²) in [4.78, 5) is 12.8. The summed E-state index contributed by atoms with van der Waals surface area (Å²) >= 11 is 0. The molecule has 0 radical (unpaired) electrons. The Balaban J connectivity index is 2.39. The second-order valence-corrected chi connectivity index (χ2v) is 4.58. The van der Waals surface area contributed by atoms with E-state index in [1.807, 2.05) is 0 Å². The average molecular weight is 185 g/mol. The fourth-order valence-electron chi connectivity index (χ4n) is 1.60. The lowest BCUT2D eigenvalue weighted by Crippen LogP contribution is -2.33. The highest BCUT2D eigenvalue weighted by atomic mass is 16.4. The maximum Gasteiger partial charge on any atom is 0.303 e. The van der Waals surface area contributed by atoms with Crippen LogP contribution in [0.5, 0.6) is 0 Å². The quantitative estimate of drug-likeness (QED) is 0.707. The van der Waals surface area contributed by atoms with Gasteiger partial charge in [-0.25, -0.2) is 0 Å². The first-order valence-electron chi connectivity index (χ1n) is 4.87. The normalized spacial score (nSPS) is 19.5.